The summed E-state index contributed by atoms with van der Waals surface area (Å²) in [6, 6.07) is 6.58. The summed E-state index contributed by atoms with van der Waals surface area (Å²) in [5.41, 5.74) is 2.30. The molecule has 24 heavy (non-hydrogen) atoms. The molecule has 8 heteroatoms. The molecule has 3 rings (SSSR count). The van der Waals surface area contributed by atoms with Gasteiger partial charge in [-0.1, -0.05) is 17.7 Å². The van der Waals surface area contributed by atoms with Crippen LogP contribution >= 0.6 is 11.6 Å². The molecular weight excluding hydrogens is 350 g/mol. The zero-order chi connectivity index (χ0) is 17.5. The number of rotatable bonds is 4. The minimum atomic E-state index is -3.72. The number of carbonyl (C=O) groups is 1. The molecule has 1 heterocycles. The zero-order valence-electron chi connectivity index (χ0n) is 13.3. The minimum Gasteiger partial charge on any atom is -0.354 e. The number of benzene rings is 1. The third kappa shape index (κ3) is 3.07. The van der Waals surface area contributed by atoms with Crippen molar-refractivity contribution in [3.8, 4) is 0 Å². The Balaban J connectivity index is 1.87. The standard InChI is InChI=1S/C16H18ClN3O3S/c1-18-16(21)15-8-12(9-20(15)2)24(22,23)19-14-6-3-10-7-11(17)4-5-13(10)14/h4-5,7-9,14,19H,3,6H2,1-2H3,(H,18,21)/t14-/m1/s1. The molecule has 1 aliphatic rings. The number of fused-ring (bicyclic) bond motifs is 1. The first-order chi connectivity index (χ1) is 11.3. The summed E-state index contributed by atoms with van der Waals surface area (Å²) in [4.78, 5) is 11.8. The van der Waals surface area contributed by atoms with E-state index in [1.165, 1.54) is 23.9 Å². The summed E-state index contributed by atoms with van der Waals surface area (Å²) in [6.07, 6.45) is 2.90. The van der Waals surface area contributed by atoms with Crippen LogP contribution in [0.1, 0.15) is 34.1 Å². The maximum Gasteiger partial charge on any atom is 0.267 e. The highest BCUT2D eigenvalue weighted by atomic mass is 35.5. The highest BCUT2D eigenvalue weighted by molar-refractivity contribution is 7.89. The van der Waals surface area contributed by atoms with E-state index < -0.39 is 10.0 Å². The van der Waals surface area contributed by atoms with Crippen LogP contribution in [0, 0.1) is 0 Å². The Hall–Kier alpha value is -1.83. The number of halogens is 1. The molecule has 1 aromatic carbocycles. The van der Waals surface area contributed by atoms with Crippen LogP contribution in [0.5, 0.6) is 0 Å². The highest BCUT2D eigenvalue weighted by Crippen LogP contribution is 2.34. The van der Waals surface area contributed by atoms with Crippen molar-refractivity contribution in [3.05, 3.63) is 52.3 Å². The Bertz CT molecular complexity index is 905. The first kappa shape index (κ1) is 17.0. The van der Waals surface area contributed by atoms with Gasteiger partial charge in [-0.05, 0) is 42.2 Å². The Labute approximate surface area is 145 Å². The van der Waals surface area contributed by atoms with Crippen molar-refractivity contribution < 1.29 is 13.2 Å². The van der Waals surface area contributed by atoms with E-state index in [0.29, 0.717) is 11.4 Å². The van der Waals surface area contributed by atoms with Crippen molar-refractivity contribution in [1.82, 2.24) is 14.6 Å². The van der Waals surface area contributed by atoms with Crippen molar-refractivity contribution in [2.24, 2.45) is 7.05 Å². The average molecular weight is 368 g/mol. The molecule has 1 atom stereocenters. The van der Waals surface area contributed by atoms with Crippen LogP contribution in [0.2, 0.25) is 5.02 Å². The molecule has 0 aliphatic heterocycles. The van der Waals surface area contributed by atoms with E-state index in [1.807, 2.05) is 12.1 Å². The fourth-order valence-electron chi connectivity index (χ4n) is 3.00. The van der Waals surface area contributed by atoms with E-state index in [1.54, 1.807) is 13.1 Å². The van der Waals surface area contributed by atoms with Crippen molar-refractivity contribution in [3.63, 3.8) is 0 Å². The molecule has 2 aromatic rings. The van der Waals surface area contributed by atoms with E-state index in [2.05, 4.69) is 10.0 Å². The van der Waals surface area contributed by atoms with Gasteiger partial charge in [0.15, 0.2) is 0 Å². The van der Waals surface area contributed by atoms with Crippen LogP contribution in [-0.4, -0.2) is 25.9 Å². The molecule has 0 saturated carbocycles. The second kappa shape index (κ2) is 6.23. The third-order valence-electron chi connectivity index (χ3n) is 4.23. The van der Waals surface area contributed by atoms with Gasteiger partial charge in [-0.3, -0.25) is 4.79 Å². The molecule has 2 N–H and O–H groups in total. The van der Waals surface area contributed by atoms with Gasteiger partial charge < -0.3 is 9.88 Å². The fourth-order valence-corrected chi connectivity index (χ4v) is 4.51. The molecule has 0 spiro atoms. The first-order valence-electron chi connectivity index (χ1n) is 7.51. The number of aryl methyl sites for hydroxylation is 2. The summed E-state index contributed by atoms with van der Waals surface area (Å²) in [5, 5.41) is 3.14. The fraction of sp³-hybridized carbons (Fsp3) is 0.312. The summed E-state index contributed by atoms with van der Waals surface area (Å²) in [7, 11) is -0.586. The quantitative estimate of drug-likeness (QED) is 0.867. The molecule has 0 bridgehead atoms. The summed E-state index contributed by atoms with van der Waals surface area (Å²) in [6.45, 7) is 0. The third-order valence-corrected chi connectivity index (χ3v) is 5.90. The molecule has 128 valence electrons. The first-order valence-corrected chi connectivity index (χ1v) is 9.37. The predicted molar refractivity (Wildman–Crippen MR) is 91.6 cm³/mol. The lowest BCUT2D eigenvalue weighted by Crippen LogP contribution is -2.27. The number of carbonyl (C=O) groups excluding carboxylic acids is 1. The van der Waals surface area contributed by atoms with Crippen LogP contribution < -0.4 is 10.0 Å². The van der Waals surface area contributed by atoms with E-state index in [0.717, 1.165) is 17.5 Å². The molecule has 0 fully saturated rings. The van der Waals surface area contributed by atoms with E-state index in [9.17, 15) is 13.2 Å². The van der Waals surface area contributed by atoms with Crippen molar-refractivity contribution in [1.29, 1.82) is 0 Å². The SMILES string of the molecule is CNC(=O)c1cc(S(=O)(=O)N[C@@H]2CCc3cc(Cl)ccc32)cn1C. The number of amides is 1. The Morgan fingerprint density at radius 2 is 2.08 bits per heavy atom. The smallest absolute Gasteiger partial charge is 0.267 e. The maximum absolute atomic E-state index is 12.7. The number of nitrogens with zero attached hydrogens (tertiary/aromatic N) is 1. The number of nitrogens with one attached hydrogen (secondary N) is 2. The van der Waals surface area contributed by atoms with Crippen molar-refractivity contribution in [2.75, 3.05) is 7.05 Å². The summed E-state index contributed by atoms with van der Waals surface area (Å²) in [5.74, 6) is -0.334. The number of hydrogen-bond acceptors (Lipinski definition) is 3. The van der Waals surface area contributed by atoms with Gasteiger partial charge in [0, 0.05) is 31.4 Å². The van der Waals surface area contributed by atoms with E-state index >= 15 is 0 Å². The number of sulfonamides is 1. The van der Waals surface area contributed by atoms with Gasteiger partial charge >= 0.3 is 0 Å². The lowest BCUT2D eigenvalue weighted by Gasteiger charge is -2.13. The topological polar surface area (TPSA) is 80.2 Å². The van der Waals surface area contributed by atoms with Crippen LogP contribution in [0.3, 0.4) is 0 Å². The molecule has 6 nitrogen and oxygen atoms in total. The number of hydrogen-bond donors (Lipinski definition) is 2. The Morgan fingerprint density at radius 3 is 2.79 bits per heavy atom. The molecule has 1 aromatic heterocycles. The van der Waals surface area contributed by atoms with Crippen molar-refractivity contribution in [2.45, 2.75) is 23.8 Å². The Morgan fingerprint density at radius 1 is 1.33 bits per heavy atom. The van der Waals surface area contributed by atoms with Gasteiger partial charge in [0.05, 0.1) is 0 Å². The van der Waals surface area contributed by atoms with E-state index in [-0.39, 0.29) is 22.5 Å². The van der Waals surface area contributed by atoms with Gasteiger partial charge in [-0.15, -0.1) is 0 Å². The Kier molecular flexibility index (Phi) is 4.42. The lowest BCUT2D eigenvalue weighted by molar-refractivity contribution is 0.0955. The largest absolute Gasteiger partial charge is 0.354 e. The van der Waals surface area contributed by atoms with Gasteiger partial charge in [-0.2, -0.15) is 0 Å². The van der Waals surface area contributed by atoms with Crippen LogP contribution in [0.4, 0.5) is 0 Å². The van der Waals surface area contributed by atoms with E-state index in [4.69, 9.17) is 11.6 Å². The van der Waals surface area contributed by atoms with Gasteiger partial charge in [0.2, 0.25) is 10.0 Å². The summed E-state index contributed by atoms with van der Waals surface area (Å²) < 4.78 is 29.5. The molecule has 1 aliphatic carbocycles. The van der Waals surface area contributed by atoms with Crippen LogP contribution in [-0.2, 0) is 23.5 Å². The monoisotopic (exact) mass is 367 g/mol. The molecule has 0 unspecified atom stereocenters. The molecule has 0 radical (unpaired) electrons. The second-order valence-corrected chi connectivity index (χ2v) is 7.96. The van der Waals surface area contributed by atoms with Crippen LogP contribution in [0.15, 0.2) is 35.4 Å². The second-order valence-electron chi connectivity index (χ2n) is 5.81. The average Bonchev–Trinajstić information content (AvgIpc) is 3.10. The molecule has 1 amide bonds. The van der Waals surface area contributed by atoms with Crippen molar-refractivity contribution >= 4 is 27.5 Å². The maximum atomic E-state index is 12.7. The van der Waals surface area contributed by atoms with Crippen LogP contribution in [0.25, 0.3) is 0 Å². The highest BCUT2D eigenvalue weighted by Gasteiger charge is 2.29. The lowest BCUT2D eigenvalue weighted by atomic mass is 10.1. The molecule has 0 saturated heterocycles. The summed E-state index contributed by atoms with van der Waals surface area (Å²) >= 11 is 5.98. The zero-order valence-corrected chi connectivity index (χ0v) is 14.9. The molecular formula is C16H18ClN3O3S. The minimum absolute atomic E-state index is 0.0750. The van der Waals surface area contributed by atoms with Gasteiger partial charge in [-0.25, -0.2) is 13.1 Å². The van der Waals surface area contributed by atoms with Gasteiger partial charge in [0.25, 0.3) is 5.91 Å². The van der Waals surface area contributed by atoms with Gasteiger partial charge in [0.1, 0.15) is 10.6 Å². The number of aromatic nitrogens is 1. The normalized spacial score (nSPS) is 16.9. The predicted octanol–water partition coefficient (Wildman–Crippen LogP) is 2.00.